The van der Waals surface area contributed by atoms with E-state index in [0.29, 0.717) is 18.4 Å². The first-order valence-corrected chi connectivity index (χ1v) is 10.3. The van der Waals surface area contributed by atoms with Gasteiger partial charge in [0.1, 0.15) is 0 Å². The molecule has 0 aliphatic rings. The van der Waals surface area contributed by atoms with Crippen LogP contribution in [0.3, 0.4) is 0 Å². The maximum Gasteiger partial charge on any atom is 0.302 e. The highest BCUT2D eigenvalue weighted by atomic mass is 16.5. The first kappa shape index (κ1) is 19.0. The number of aromatic amines is 1. The summed E-state index contributed by atoms with van der Waals surface area (Å²) >= 11 is 0. The average molecular weight is 410 g/mol. The van der Waals surface area contributed by atoms with Gasteiger partial charge in [-0.1, -0.05) is 55.5 Å². The monoisotopic (exact) mass is 410 g/mol. The number of aryl methyl sites for hydroxylation is 1. The molecule has 0 saturated heterocycles. The van der Waals surface area contributed by atoms with Crippen LogP contribution in [0.2, 0.25) is 0 Å². The smallest absolute Gasteiger partial charge is 0.302 e. The molecule has 0 amide bonds. The topological polar surface area (TPSA) is 81.5 Å². The van der Waals surface area contributed by atoms with Crippen molar-refractivity contribution in [3.8, 4) is 34.2 Å². The third-order valence-corrected chi connectivity index (χ3v) is 5.26. The zero-order valence-corrected chi connectivity index (χ0v) is 17.4. The van der Waals surface area contributed by atoms with Crippen LogP contribution >= 0.6 is 0 Å². The fourth-order valence-electron chi connectivity index (χ4n) is 3.76. The fourth-order valence-corrected chi connectivity index (χ4v) is 3.76. The summed E-state index contributed by atoms with van der Waals surface area (Å²) in [4.78, 5) is 4.77. The predicted molar refractivity (Wildman–Crippen MR) is 120 cm³/mol. The molecule has 2 heterocycles. The lowest BCUT2D eigenvalue weighted by atomic mass is 9.99. The summed E-state index contributed by atoms with van der Waals surface area (Å²) in [5, 5.41) is 14.3. The highest BCUT2D eigenvalue weighted by molar-refractivity contribution is 5.83. The third kappa shape index (κ3) is 3.44. The molecule has 3 aromatic carbocycles. The Morgan fingerprint density at radius 2 is 1.74 bits per heavy atom. The Kier molecular flexibility index (Phi) is 4.92. The Hall–Kier alpha value is -4.00. The number of rotatable bonds is 6. The molecule has 0 spiro atoms. The fraction of sp³-hybridized carbons (Fsp3) is 0.167. The van der Waals surface area contributed by atoms with Gasteiger partial charge in [0.05, 0.1) is 23.3 Å². The minimum Gasteiger partial charge on any atom is -0.464 e. The molecule has 31 heavy (non-hydrogen) atoms. The second-order valence-corrected chi connectivity index (χ2v) is 7.36. The number of para-hydroxylation sites is 1. The Balaban J connectivity index is 1.59. The molecule has 5 aromatic rings. The molecular weight excluding hydrogens is 388 g/mol. The van der Waals surface area contributed by atoms with Crippen LogP contribution in [0.15, 0.2) is 66.7 Å². The van der Waals surface area contributed by atoms with E-state index in [1.165, 1.54) is 0 Å². The van der Waals surface area contributed by atoms with Crippen molar-refractivity contribution in [1.29, 1.82) is 0 Å². The van der Waals surface area contributed by atoms with Gasteiger partial charge in [-0.05, 0) is 58.7 Å². The van der Waals surface area contributed by atoms with Crippen molar-refractivity contribution in [1.82, 2.24) is 30.2 Å². The number of H-pyrrole nitrogens is 1. The van der Waals surface area contributed by atoms with Gasteiger partial charge < -0.3 is 4.74 Å². The molecule has 7 heteroatoms. The number of tetrazole rings is 1. The summed E-state index contributed by atoms with van der Waals surface area (Å²) in [6.45, 7) is 4.79. The summed E-state index contributed by atoms with van der Waals surface area (Å²) < 4.78 is 8.07. The zero-order valence-electron chi connectivity index (χ0n) is 17.4. The predicted octanol–water partition coefficient (Wildman–Crippen LogP) is 4.97. The third-order valence-electron chi connectivity index (χ3n) is 5.26. The molecule has 154 valence electrons. The lowest BCUT2D eigenvalue weighted by molar-refractivity contribution is 0.289. The van der Waals surface area contributed by atoms with Crippen LogP contribution in [0, 0.1) is 6.92 Å². The first-order chi connectivity index (χ1) is 15.3. The Bertz CT molecular complexity index is 1320. The van der Waals surface area contributed by atoms with Gasteiger partial charge in [-0.15, -0.1) is 5.10 Å². The standard InChI is InChI=1S/C24H22N6O/c1-3-15-31-24-25-22-16(2)7-6-10-21(22)30(24)18-13-11-17(12-14-18)19-8-4-5-9-20(19)23-26-28-29-27-23/h4-14H,3,15H2,1-2H3,(H,26,27,28,29). The first-order valence-electron chi connectivity index (χ1n) is 10.3. The van der Waals surface area contributed by atoms with Crippen molar-refractivity contribution in [3.05, 3.63) is 72.3 Å². The molecule has 0 atom stereocenters. The largest absolute Gasteiger partial charge is 0.464 e. The molecule has 0 aliphatic heterocycles. The van der Waals surface area contributed by atoms with E-state index in [2.05, 4.69) is 87.6 Å². The summed E-state index contributed by atoms with van der Waals surface area (Å²) in [6.07, 6.45) is 0.925. The van der Waals surface area contributed by atoms with E-state index in [4.69, 9.17) is 9.72 Å². The van der Waals surface area contributed by atoms with Gasteiger partial charge in [-0.2, -0.15) is 4.98 Å². The van der Waals surface area contributed by atoms with Gasteiger partial charge in [0, 0.05) is 5.56 Å². The number of fused-ring (bicyclic) bond motifs is 1. The highest BCUT2D eigenvalue weighted by Crippen LogP contribution is 2.32. The summed E-state index contributed by atoms with van der Waals surface area (Å²) in [6, 6.07) is 23.3. The van der Waals surface area contributed by atoms with Crippen molar-refractivity contribution in [3.63, 3.8) is 0 Å². The zero-order chi connectivity index (χ0) is 21.2. The van der Waals surface area contributed by atoms with E-state index in [9.17, 15) is 0 Å². The average Bonchev–Trinajstić information content (AvgIpc) is 3.47. The molecule has 2 aromatic heterocycles. The number of ether oxygens (including phenoxy) is 1. The number of aromatic nitrogens is 6. The van der Waals surface area contributed by atoms with Crippen LogP contribution in [0.1, 0.15) is 18.9 Å². The molecule has 0 unspecified atom stereocenters. The van der Waals surface area contributed by atoms with Gasteiger partial charge in [-0.25, -0.2) is 5.10 Å². The molecule has 0 radical (unpaired) electrons. The minimum atomic E-state index is 0.618. The summed E-state index contributed by atoms with van der Waals surface area (Å²) in [5.74, 6) is 0.644. The molecule has 0 bridgehead atoms. The van der Waals surface area contributed by atoms with Crippen molar-refractivity contribution in [2.24, 2.45) is 0 Å². The molecule has 7 nitrogen and oxygen atoms in total. The number of benzene rings is 3. The van der Waals surface area contributed by atoms with Crippen LogP contribution in [0.25, 0.3) is 39.2 Å². The SMILES string of the molecule is CCCOc1nc2c(C)cccc2n1-c1ccc(-c2ccccc2-c2nnn[nH]2)cc1. The maximum absolute atomic E-state index is 5.99. The Morgan fingerprint density at radius 3 is 2.48 bits per heavy atom. The Morgan fingerprint density at radius 1 is 0.935 bits per heavy atom. The minimum absolute atomic E-state index is 0.618. The van der Waals surface area contributed by atoms with Gasteiger partial charge in [0.2, 0.25) is 0 Å². The van der Waals surface area contributed by atoms with Crippen LogP contribution in [0.4, 0.5) is 0 Å². The normalized spacial score (nSPS) is 11.2. The number of nitrogens with zero attached hydrogens (tertiary/aromatic N) is 5. The van der Waals surface area contributed by atoms with Gasteiger partial charge in [0.25, 0.3) is 0 Å². The van der Waals surface area contributed by atoms with Crippen molar-refractivity contribution < 1.29 is 4.74 Å². The molecule has 0 saturated carbocycles. The maximum atomic E-state index is 5.99. The number of hydrogen-bond acceptors (Lipinski definition) is 5. The number of nitrogens with one attached hydrogen (secondary N) is 1. The van der Waals surface area contributed by atoms with Crippen LogP contribution < -0.4 is 4.74 Å². The second-order valence-electron chi connectivity index (χ2n) is 7.36. The number of hydrogen-bond donors (Lipinski definition) is 1. The van der Waals surface area contributed by atoms with Crippen molar-refractivity contribution in [2.45, 2.75) is 20.3 Å². The highest BCUT2D eigenvalue weighted by Gasteiger charge is 2.16. The van der Waals surface area contributed by atoms with Gasteiger partial charge >= 0.3 is 6.01 Å². The van der Waals surface area contributed by atoms with Crippen LogP contribution in [-0.2, 0) is 0 Å². The van der Waals surface area contributed by atoms with E-state index >= 15 is 0 Å². The molecular formula is C24H22N6O. The van der Waals surface area contributed by atoms with Crippen LogP contribution in [0.5, 0.6) is 6.01 Å². The quantitative estimate of drug-likeness (QED) is 0.427. The van der Waals surface area contributed by atoms with Gasteiger partial charge in [0.15, 0.2) is 5.82 Å². The molecule has 0 aliphatic carbocycles. The van der Waals surface area contributed by atoms with E-state index in [1.807, 2.05) is 18.2 Å². The lowest BCUT2D eigenvalue weighted by Crippen LogP contribution is -2.03. The van der Waals surface area contributed by atoms with E-state index in [1.54, 1.807) is 0 Å². The molecule has 1 N–H and O–H groups in total. The second kappa shape index (κ2) is 8.02. The van der Waals surface area contributed by atoms with Crippen LogP contribution in [-0.4, -0.2) is 36.8 Å². The molecule has 0 fully saturated rings. The van der Waals surface area contributed by atoms with E-state index < -0.39 is 0 Å². The van der Waals surface area contributed by atoms with E-state index in [-0.39, 0.29) is 0 Å². The number of imidazole rings is 1. The van der Waals surface area contributed by atoms with Crippen molar-refractivity contribution >= 4 is 11.0 Å². The lowest BCUT2D eigenvalue weighted by Gasteiger charge is -2.12. The molecule has 5 rings (SSSR count). The summed E-state index contributed by atoms with van der Waals surface area (Å²) in [5.41, 5.74) is 7.21. The van der Waals surface area contributed by atoms with E-state index in [0.717, 1.165) is 45.4 Å². The van der Waals surface area contributed by atoms with Gasteiger partial charge in [-0.3, -0.25) is 4.57 Å². The summed E-state index contributed by atoms with van der Waals surface area (Å²) in [7, 11) is 0. The van der Waals surface area contributed by atoms with Crippen molar-refractivity contribution in [2.75, 3.05) is 6.61 Å². The Labute approximate surface area is 179 Å².